The summed E-state index contributed by atoms with van der Waals surface area (Å²) in [6.07, 6.45) is 0. The van der Waals surface area contributed by atoms with E-state index in [-0.39, 0.29) is 29.3 Å². The first kappa shape index (κ1) is 19.2. The average Bonchev–Trinajstić information content (AvgIpc) is 2.58. The molecule has 2 rings (SSSR count). The lowest BCUT2D eigenvalue weighted by Crippen LogP contribution is -2.34. The number of carbonyl (C=O) groups is 1. The number of hydrogen-bond donors (Lipinski definition) is 2. The summed E-state index contributed by atoms with van der Waals surface area (Å²) in [5, 5.41) is 2.80. The number of hydrogen-bond acceptors (Lipinski definition) is 4. The lowest BCUT2D eigenvalue weighted by atomic mass is 10.2. The van der Waals surface area contributed by atoms with Gasteiger partial charge >= 0.3 is 0 Å². The van der Waals surface area contributed by atoms with E-state index in [1.165, 1.54) is 37.4 Å². The second-order valence-corrected chi connectivity index (χ2v) is 7.16. The molecule has 0 aliphatic heterocycles. The Hall–Kier alpha value is -2.16. The van der Waals surface area contributed by atoms with Crippen molar-refractivity contribution >= 4 is 27.5 Å². The van der Waals surface area contributed by atoms with E-state index in [2.05, 4.69) is 10.0 Å². The highest BCUT2D eigenvalue weighted by molar-refractivity contribution is 7.89. The van der Waals surface area contributed by atoms with Crippen LogP contribution in [0.25, 0.3) is 0 Å². The van der Waals surface area contributed by atoms with E-state index in [0.717, 1.165) is 6.07 Å². The molecule has 134 valence electrons. The Morgan fingerprint density at radius 2 is 1.96 bits per heavy atom. The highest BCUT2D eigenvalue weighted by Crippen LogP contribution is 2.19. The van der Waals surface area contributed by atoms with Gasteiger partial charge in [0, 0.05) is 18.1 Å². The van der Waals surface area contributed by atoms with Crippen molar-refractivity contribution in [3.8, 4) is 5.75 Å². The number of halogens is 2. The van der Waals surface area contributed by atoms with Gasteiger partial charge in [-0.25, -0.2) is 17.5 Å². The number of sulfonamides is 1. The van der Waals surface area contributed by atoms with Crippen LogP contribution in [0.4, 0.5) is 4.39 Å². The predicted molar refractivity (Wildman–Crippen MR) is 91.9 cm³/mol. The van der Waals surface area contributed by atoms with Crippen molar-refractivity contribution in [1.82, 2.24) is 10.0 Å². The summed E-state index contributed by atoms with van der Waals surface area (Å²) in [6.45, 7) is -0.0312. The first-order valence-electron chi connectivity index (χ1n) is 7.20. The van der Waals surface area contributed by atoms with Crippen LogP contribution in [-0.2, 0) is 10.0 Å². The number of amides is 1. The number of rotatable bonds is 7. The fraction of sp³-hybridized carbons (Fsp3) is 0.188. The molecule has 0 aliphatic rings. The molecule has 0 radical (unpaired) electrons. The molecule has 0 aromatic heterocycles. The average molecular weight is 387 g/mol. The maximum atomic E-state index is 13.3. The molecule has 2 N–H and O–H groups in total. The molecule has 0 unspecified atom stereocenters. The lowest BCUT2D eigenvalue weighted by molar-refractivity contribution is 0.0951. The van der Waals surface area contributed by atoms with Gasteiger partial charge in [-0.05, 0) is 36.4 Å². The van der Waals surface area contributed by atoms with Crippen molar-refractivity contribution in [1.29, 1.82) is 0 Å². The Labute approximate surface area is 150 Å². The van der Waals surface area contributed by atoms with E-state index in [1.54, 1.807) is 6.07 Å². The minimum atomic E-state index is -3.74. The molecule has 2 aromatic carbocycles. The van der Waals surface area contributed by atoms with Crippen molar-refractivity contribution in [3.05, 3.63) is 58.9 Å². The molecule has 0 saturated heterocycles. The van der Waals surface area contributed by atoms with Crippen LogP contribution in [0.2, 0.25) is 5.02 Å². The van der Waals surface area contributed by atoms with Crippen molar-refractivity contribution in [2.75, 3.05) is 20.2 Å². The van der Waals surface area contributed by atoms with Crippen LogP contribution in [-0.4, -0.2) is 34.5 Å². The standard InChI is InChI=1S/C16H16ClFN2O4S/c1-24-15-6-5-12(18)10-14(15)16(21)19-7-8-20-25(22,23)13-4-2-3-11(17)9-13/h2-6,9-10,20H,7-8H2,1H3,(H,19,21). The number of ether oxygens (including phenoxy) is 1. The SMILES string of the molecule is COc1ccc(F)cc1C(=O)NCCNS(=O)(=O)c1cccc(Cl)c1. The third-order valence-electron chi connectivity index (χ3n) is 3.22. The quantitative estimate of drug-likeness (QED) is 0.714. The molecule has 25 heavy (non-hydrogen) atoms. The Balaban J connectivity index is 1.93. The van der Waals surface area contributed by atoms with Crippen LogP contribution in [0, 0.1) is 5.82 Å². The summed E-state index contributed by atoms with van der Waals surface area (Å²) < 4.78 is 44.8. The van der Waals surface area contributed by atoms with E-state index in [1.807, 2.05) is 0 Å². The molecule has 0 bridgehead atoms. The fourth-order valence-electron chi connectivity index (χ4n) is 2.03. The number of benzene rings is 2. The normalized spacial score (nSPS) is 11.2. The van der Waals surface area contributed by atoms with Gasteiger partial charge in [0.15, 0.2) is 0 Å². The summed E-state index contributed by atoms with van der Waals surface area (Å²) in [7, 11) is -2.37. The van der Waals surface area contributed by atoms with Crippen molar-refractivity contribution in [3.63, 3.8) is 0 Å². The Morgan fingerprint density at radius 3 is 2.64 bits per heavy atom. The van der Waals surface area contributed by atoms with Crippen LogP contribution in [0.3, 0.4) is 0 Å². The molecule has 0 fully saturated rings. The summed E-state index contributed by atoms with van der Waals surface area (Å²) in [5.74, 6) is -0.927. The summed E-state index contributed by atoms with van der Waals surface area (Å²) in [5.41, 5.74) is 0.0280. The zero-order chi connectivity index (χ0) is 18.4. The third kappa shape index (κ3) is 5.15. The summed E-state index contributed by atoms with van der Waals surface area (Å²) >= 11 is 5.77. The van der Waals surface area contributed by atoms with Gasteiger partial charge in [-0.3, -0.25) is 4.79 Å². The minimum absolute atomic E-state index is 0.0122. The fourth-order valence-corrected chi connectivity index (χ4v) is 3.36. The molecule has 9 heteroatoms. The van der Waals surface area contributed by atoms with Crippen LogP contribution in [0.5, 0.6) is 5.75 Å². The van der Waals surface area contributed by atoms with Gasteiger partial charge in [0.25, 0.3) is 5.91 Å². The van der Waals surface area contributed by atoms with Gasteiger partial charge in [0.2, 0.25) is 10.0 Å². The smallest absolute Gasteiger partial charge is 0.255 e. The molecular weight excluding hydrogens is 371 g/mol. The van der Waals surface area contributed by atoms with Crippen molar-refractivity contribution in [2.24, 2.45) is 0 Å². The monoisotopic (exact) mass is 386 g/mol. The van der Waals surface area contributed by atoms with Crippen LogP contribution in [0.15, 0.2) is 47.4 Å². The number of methoxy groups -OCH3 is 1. The van der Waals surface area contributed by atoms with Gasteiger partial charge < -0.3 is 10.1 Å². The molecule has 0 spiro atoms. The topological polar surface area (TPSA) is 84.5 Å². The Kier molecular flexibility index (Phi) is 6.35. The second-order valence-electron chi connectivity index (χ2n) is 4.96. The van der Waals surface area contributed by atoms with Gasteiger partial charge in [0.1, 0.15) is 11.6 Å². The third-order valence-corrected chi connectivity index (χ3v) is 4.91. The first-order valence-corrected chi connectivity index (χ1v) is 9.06. The van der Waals surface area contributed by atoms with Gasteiger partial charge in [0.05, 0.1) is 17.6 Å². The number of carbonyl (C=O) groups excluding carboxylic acids is 1. The number of nitrogens with one attached hydrogen (secondary N) is 2. The van der Waals surface area contributed by atoms with Gasteiger partial charge in [-0.2, -0.15) is 0 Å². The molecule has 2 aromatic rings. The van der Waals surface area contributed by atoms with E-state index < -0.39 is 21.7 Å². The largest absolute Gasteiger partial charge is 0.496 e. The molecule has 0 saturated carbocycles. The van der Waals surface area contributed by atoms with E-state index >= 15 is 0 Å². The maximum absolute atomic E-state index is 13.3. The zero-order valence-electron chi connectivity index (χ0n) is 13.3. The Bertz CT molecular complexity index is 874. The molecule has 6 nitrogen and oxygen atoms in total. The first-order chi connectivity index (χ1) is 11.8. The molecular formula is C16H16ClFN2O4S. The van der Waals surface area contributed by atoms with Crippen molar-refractivity contribution < 1.29 is 22.3 Å². The maximum Gasteiger partial charge on any atom is 0.255 e. The minimum Gasteiger partial charge on any atom is -0.496 e. The molecule has 0 heterocycles. The molecule has 0 atom stereocenters. The highest BCUT2D eigenvalue weighted by atomic mass is 35.5. The van der Waals surface area contributed by atoms with Crippen LogP contribution in [0.1, 0.15) is 10.4 Å². The van der Waals surface area contributed by atoms with Crippen LogP contribution < -0.4 is 14.8 Å². The van der Waals surface area contributed by atoms with Crippen molar-refractivity contribution in [2.45, 2.75) is 4.90 Å². The van der Waals surface area contributed by atoms with E-state index in [0.29, 0.717) is 5.02 Å². The Morgan fingerprint density at radius 1 is 1.20 bits per heavy atom. The zero-order valence-corrected chi connectivity index (χ0v) is 14.8. The van der Waals surface area contributed by atoms with Gasteiger partial charge in [-0.1, -0.05) is 17.7 Å². The van der Waals surface area contributed by atoms with Gasteiger partial charge in [-0.15, -0.1) is 0 Å². The highest BCUT2D eigenvalue weighted by Gasteiger charge is 2.15. The molecule has 0 aliphatic carbocycles. The van der Waals surface area contributed by atoms with E-state index in [9.17, 15) is 17.6 Å². The lowest BCUT2D eigenvalue weighted by Gasteiger charge is -2.10. The van der Waals surface area contributed by atoms with E-state index in [4.69, 9.17) is 16.3 Å². The summed E-state index contributed by atoms with van der Waals surface area (Å²) in [6, 6.07) is 9.37. The van der Waals surface area contributed by atoms with Crippen LogP contribution >= 0.6 is 11.6 Å². The second kappa shape index (κ2) is 8.28. The summed E-state index contributed by atoms with van der Waals surface area (Å²) in [4.78, 5) is 12.1. The molecule has 1 amide bonds. The predicted octanol–water partition coefficient (Wildman–Crippen LogP) is 2.20.